The van der Waals surface area contributed by atoms with Crippen molar-refractivity contribution in [1.29, 1.82) is 0 Å². The molecule has 0 amide bonds. The summed E-state index contributed by atoms with van der Waals surface area (Å²) < 4.78 is 0. The molecular formula is C10H20N2. The van der Waals surface area contributed by atoms with Crippen LogP contribution in [0.2, 0.25) is 0 Å². The third-order valence-electron chi connectivity index (χ3n) is 1.98. The summed E-state index contributed by atoms with van der Waals surface area (Å²) in [7, 11) is 0. The Labute approximate surface area is 75.7 Å². The van der Waals surface area contributed by atoms with Gasteiger partial charge in [0.2, 0.25) is 0 Å². The van der Waals surface area contributed by atoms with Crippen LogP contribution in [0.25, 0.3) is 0 Å². The first-order valence-electron chi connectivity index (χ1n) is 4.32. The zero-order valence-corrected chi connectivity index (χ0v) is 8.38. The number of hydrogen-bond donors (Lipinski definition) is 1. The van der Waals surface area contributed by atoms with E-state index in [1.54, 1.807) is 11.1 Å². The van der Waals surface area contributed by atoms with E-state index in [0.29, 0.717) is 0 Å². The Morgan fingerprint density at radius 1 is 1.50 bits per heavy atom. The van der Waals surface area contributed by atoms with Crippen LogP contribution in [-0.2, 0) is 0 Å². The lowest BCUT2D eigenvalue weighted by Crippen LogP contribution is -2.34. The predicted molar refractivity (Wildman–Crippen MR) is 54.3 cm³/mol. The van der Waals surface area contributed by atoms with Gasteiger partial charge in [-0.3, -0.25) is 0 Å². The van der Waals surface area contributed by atoms with Crippen LogP contribution in [-0.4, -0.2) is 11.6 Å². The van der Waals surface area contributed by atoms with E-state index in [9.17, 15) is 0 Å². The van der Waals surface area contributed by atoms with Gasteiger partial charge in [-0.1, -0.05) is 33.4 Å². The van der Waals surface area contributed by atoms with Crippen molar-refractivity contribution in [2.45, 2.75) is 27.2 Å². The molecule has 0 saturated heterocycles. The predicted octanol–water partition coefficient (Wildman–Crippen LogP) is 2.30. The topological polar surface area (TPSA) is 29.3 Å². The van der Waals surface area contributed by atoms with Gasteiger partial charge in [0.15, 0.2) is 0 Å². The Balaban J connectivity index is 3.90. The van der Waals surface area contributed by atoms with E-state index >= 15 is 0 Å². The van der Waals surface area contributed by atoms with Crippen molar-refractivity contribution in [2.75, 3.05) is 6.54 Å². The Morgan fingerprint density at radius 3 is 2.50 bits per heavy atom. The fraction of sp³-hybridized carbons (Fsp3) is 0.600. The zero-order chi connectivity index (χ0) is 9.61. The van der Waals surface area contributed by atoms with Crippen LogP contribution < -0.4 is 5.84 Å². The van der Waals surface area contributed by atoms with Gasteiger partial charge in [-0.25, -0.2) is 5.84 Å². The molecule has 0 aliphatic carbocycles. The van der Waals surface area contributed by atoms with Gasteiger partial charge in [0, 0.05) is 12.7 Å². The van der Waals surface area contributed by atoms with Gasteiger partial charge >= 0.3 is 0 Å². The summed E-state index contributed by atoms with van der Waals surface area (Å²) in [4.78, 5) is 0. The van der Waals surface area contributed by atoms with Crippen LogP contribution in [0.5, 0.6) is 0 Å². The van der Waals surface area contributed by atoms with Crippen molar-refractivity contribution in [1.82, 2.24) is 5.01 Å². The SMILES string of the molecule is C=C/C=C/N(N)CC(C)(C)CC. The first-order chi connectivity index (χ1) is 5.52. The number of nitrogens with zero attached hydrogens (tertiary/aromatic N) is 1. The number of hydrogen-bond acceptors (Lipinski definition) is 2. The van der Waals surface area contributed by atoms with Crippen molar-refractivity contribution in [3.05, 3.63) is 24.9 Å². The standard InChI is InChI=1S/C10H20N2/c1-5-7-8-12(11)9-10(3,4)6-2/h5,7-8H,1,6,9,11H2,2-4H3/b8-7+. The van der Waals surface area contributed by atoms with Crippen LogP contribution >= 0.6 is 0 Å². The second-order valence-electron chi connectivity index (χ2n) is 3.77. The minimum Gasteiger partial charge on any atom is -0.318 e. The maximum absolute atomic E-state index is 5.72. The van der Waals surface area contributed by atoms with Crippen molar-refractivity contribution >= 4 is 0 Å². The highest BCUT2D eigenvalue weighted by atomic mass is 15.4. The molecule has 0 fully saturated rings. The Morgan fingerprint density at radius 2 is 2.08 bits per heavy atom. The van der Waals surface area contributed by atoms with E-state index in [2.05, 4.69) is 27.4 Å². The fourth-order valence-electron chi connectivity index (χ4n) is 0.830. The molecular weight excluding hydrogens is 148 g/mol. The molecule has 0 bridgehead atoms. The minimum atomic E-state index is 0.278. The third kappa shape index (κ3) is 4.97. The largest absolute Gasteiger partial charge is 0.318 e. The monoisotopic (exact) mass is 168 g/mol. The van der Waals surface area contributed by atoms with E-state index < -0.39 is 0 Å². The second-order valence-corrected chi connectivity index (χ2v) is 3.77. The van der Waals surface area contributed by atoms with Gasteiger partial charge in [-0.2, -0.15) is 0 Å². The Hall–Kier alpha value is -0.760. The maximum atomic E-state index is 5.72. The molecule has 0 aromatic carbocycles. The van der Waals surface area contributed by atoms with E-state index in [0.717, 1.165) is 13.0 Å². The average Bonchev–Trinajstić information content (AvgIpc) is 2.00. The molecule has 0 saturated carbocycles. The Kier molecular flexibility index (Phi) is 4.67. The molecule has 0 heterocycles. The third-order valence-corrected chi connectivity index (χ3v) is 1.98. The van der Waals surface area contributed by atoms with Crippen molar-refractivity contribution in [2.24, 2.45) is 11.3 Å². The molecule has 0 aliphatic heterocycles. The van der Waals surface area contributed by atoms with Crippen LogP contribution in [0.3, 0.4) is 0 Å². The number of hydrazine groups is 1. The molecule has 0 aliphatic rings. The van der Waals surface area contributed by atoms with Crippen molar-refractivity contribution in [3.63, 3.8) is 0 Å². The molecule has 0 rings (SSSR count). The number of allylic oxidation sites excluding steroid dienone is 2. The quantitative estimate of drug-likeness (QED) is 0.388. The summed E-state index contributed by atoms with van der Waals surface area (Å²) in [6, 6.07) is 0. The highest BCUT2D eigenvalue weighted by molar-refractivity contribution is 4.96. The molecule has 0 spiro atoms. The van der Waals surface area contributed by atoms with Crippen molar-refractivity contribution < 1.29 is 0 Å². The molecule has 0 aromatic heterocycles. The smallest absolute Gasteiger partial charge is 0.0386 e. The van der Waals surface area contributed by atoms with Crippen LogP contribution in [0, 0.1) is 5.41 Å². The van der Waals surface area contributed by atoms with Gasteiger partial charge in [0.05, 0.1) is 0 Å². The van der Waals surface area contributed by atoms with Crippen LogP contribution in [0.15, 0.2) is 24.9 Å². The van der Waals surface area contributed by atoms with E-state index in [-0.39, 0.29) is 5.41 Å². The lowest BCUT2D eigenvalue weighted by molar-refractivity contribution is 0.228. The molecule has 12 heavy (non-hydrogen) atoms. The van der Waals surface area contributed by atoms with E-state index in [1.165, 1.54) is 0 Å². The zero-order valence-electron chi connectivity index (χ0n) is 8.38. The molecule has 70 valence electrons. The highest BCUT2D eigenvalue weighted by Crippen LogP contribution is 2.19. The molecule has 0 aromatic rings. The summed E-state index contributed by atoms with van der Waals surface area (Å²) in [6.45, 7) is 11.0. The first-order valence-corrected chi connectivity index (χ1v) is 4.32. The maximum Gasteiger partial charge on any atom is 0.0386 e. The molecule has 0 radical (unpaired) electrons. The first kappa shape index (κ1) is 11.2. The van der Waals surface area contributed by atoms with Gasteiger partial charge in [0.1, 0.15) is 0 Å². The van der Waals surface area contributed by atoms with Crippen LogP contribution in [0.4, 0.5) is 0 Å². The summed E-state index contributed by atoms with van der Waals surface area (Å²) in [5.41, 5.74) is 0.278. The summed E-state index contributed by atoms with van der Waals surface area (Å²) in [6.07, 6.45) is 6.53. The summed E-state index contributed by atoms with van der Waals surface area (Å²) in [5, 5.41) is 1.70. The van der Waals surface area contributed by atoms with Gasteiger partial charge < -0.3 is 5.01 Å². The van der Waals surface area contributed by atoms with Crippen molar-refractivity contribution in [3.8, 4) is 0 Å². The highest BCUT2D eigenvalue weighted by Gasteiger charge is 2.16. The summed E-state index contributed by atoms with van der Waals surface area (Å²) >= 11 is 0. The lowest BCUT2D eigenvalue weighted by Gasteiger charge is -2.27. The number of rotatable bonds is 5. The molecule has 0 unspecified atom stereocenters. The van der Waals surface area contributed by atoms with Crippen LogP contribution in [0.1, 0.15) is 27.2 Å². The van der Waals surface area contributed by atoms with Gasteiger partial charge in [-0.15, -0.1) is 0 Å². The molecule has 2 nitrogen and oxygen atoms in total. The lowest BCUT2D eigenvalue weighted by atomic mass is 9.90. The van der Waals surface area contributed by atoms with Gasteiger partial charge in [-0.05, 0) is 17.9 Å². The summed E-state index contributed by atoms with van der Waals surface area (Å²) in [5.74, 6) is 5.72. The fourth-order valence-corrected chi connectivity index (χ4v) is 0.830. The Bertz CT molecular complexity index is 159. The number of nitrogens with two attached hydrogens (primary N) is 1. The van der Waals surface area contributed by atoms with E-state index in [1.807, 2.05) is 12.3 Å². The van der Waals surface area contributed by atoms with E-state index in [4.69, 9.17) is 5.84 Å². The second kappa shape index (κ2) is 4.99. The minimum absolute atomic E-state index is 0.278. The molecule has 0 atom stereocenters. The normalized spacial score (nSPS) is 12.0. The molecule has 2 N–H and O–H groups in total. The van der Waals surface area contributed by atoms with Gasteiger partial charge in [0.25, 0.3) is 0 Å². The average molecular weight is 168 g/mol. The molecule has 2 heteroatoms.